The van der Waals surface area contributed by atoms with E-state index in [1.165, 1.54) is 0 Å². The summed E-state index contributed by atoms with van der Waals surface area (Å²) in [4.78, 5) is 24.8. The number of hydrogen-bond acceptors (Lipinski definition) is 6. The molecule has 130 valence electrons. The summed E-state index contributed by atoms with van der Waals surface area (Å²) in [5, 5.41) is 3.16. The van der Waals surface area contributed by atoms with Crippen LogP contribution in [0, 0.1) is 5.92 Å². The molecule has 1 amide bonds. The number of ether oxygens (including phenoxy) is 1. The fourth-order valence-corrected chi connectivity index (χ4v) is 3.06. The molecule has 1 N–H and O–H groups in total. The Morgan fingerprint density at radius 2 is 2.33 bits per heavy atom. The lowest BCUT2D eigenvalue weighted by molar-refractivity contribution is 0.0991. The maximum absolute atomic E-state index is 12.1. The number of hydrogen-bond donors (Lipinski definition) is 1. The fourth-order valence-electron chi connectivity index (χ4n) is 3.06. The second-order valence-corrected chi connectivity index (χ2v) is 6.75. The third kappa shape index (κ3) is 3.44. The summed E-state index contributed by atoms with van der Waals surface area (Å²) in [6.45, 7) is 5.92. The van der Waals surface area contributed by atoms with Crippen LogP contribution in [0.25, 0.3) is 0 Å². The molecule has 0 saturated carbocycles. The van der Waals surface area contributed by atoms with Gasteiger partial charge in [-0.3, -0.25) is 0 Å². The van der Waals surface area contributed by atoms with E-state index in [4.69, 9.17) is 4.74 Å². The van der Waals surface area contributed by atoms with Crippen molar-refractivity contribution in [3.63, 3.8) is 0 Å². The van der Waals surface area contributed by atoms with Gasteiger partial charge in [-0.15, -0.1) is 0 Å². The van der Waals surface area contributed by atoms with Crippen LogP contribution in [0.1, 0.15) is 25.8 Å². The summed E-state index contributed by atoms with van der Waals surface area (Å²) >= 11 is 0. The molecule has 24 heavy (non-hydrogen) atoms. The molecule has 1 fully saturated rings. The first kappa shape index (κ1) is 16.5. The van der Waals surface area contributed by atoms with Gasteiger partial charge in [0.25, 0.3) is 0 Å². The number of anilines is 2. The molecule has 0 spiro atoms. The van der Waals surface area contributed by atoms with Crippen LogP contribution in [-0.2, 0) is 11.2 Å². The Balaban J connectivity index is 1.65. The van der Waals surface area contributed by atoms with E-state index in [1.807, 2.05) is 27.1 Å². The largest absolute Gasteiger partial charge is 0.449 e. The highest BCUT2D eigenvalue weighted by Gasteiger charge is 2.31. The van der Waals surface area contributed by atoms with Gasteiger partial charge in [0.2, 0.25) is 0 Å². The molecule has 3 heterocycles. The van der Waals surface area contributed by atoms with Gasteiger partial charge < -0.3 is 19.9 Å². The van der Waals surface area contributed by atoms with Gasteiger partial charge in [-0.2, -0.15) is 0 Å². The van der Waals surface area contributed by atoms with Crippen LogP contribution in [0.15, 0.2) is 18.6 Å². The number of aromatic nitrogens is 2. The van der Waals surface area contributed by atoms with Crippen molar-refractivity contribution in [2.24, 2.45) is 5.92 Å². The number of allylic oxidation sites excluding steroid dienone is 1. The first-order chi connectivity index (χ1) is 11.6. The van der Waals surface area contributed by atoms with Crippen LogP contribution in [0.2, 0.25) is 0 Å². The number of fused-ring (bicyclic) bond motifs is 1. The number of likely N-dealkylation sites (tertiary alicyclic amines) is 1. The second kappa shape index (κ2) is 7.07. The van der Waals surface area contributed by atoms with Gasteiger partial charge in [0.15, 0.2) is 0 Å². The molecule has 1 aromatic heterocycles. The van der Waals surface area contributed by atoms with Crippen LogP contribution in [0.4, 0.5) is 16.4 Å². The molecule has 0 bridgehead atoms. The molecule has 1 aromatic rings. The molecule has 2 aliphatic heterocycles. The number of amides is 1. The van der Waals surface area contributed by atoms with E-state index in [0.29, 0.717) is 19.1 Å². The van der Waals surface area contributed by atoms with Crippen molar-refractivity contribution >= 4 is 17.7 Å². The Kier molecular flexibility index (Phi) is 4.87. The van der Waals surface area contributed by atoms with Crippen molar-refractivity contribution in [1.29, 1.82) is 0 Å². The summed E-state index contributed by atoms with van der Waals surface area (Å²) in [7, 11) is 2.04. The van der Waals surface area contributed by atoms with Crippen molar-refractivity contribution in [1.82, 2.24) is 14.9 Å². The van der Waals surface area contributed by atoms with Gasteiger partial charge >= 0.3 is 6.09 Å². The molecule has 1 saturated heterocycles. The van der Waals surface area contributed by atoms with E-state index in [0.717, 1.165) is 36.6 Å². The molecular weight excluding hydrogens is 306 g/mol. The number of carbonyl (C=O) groups is 1. The number of nitrogens with zero attached hydrogens (tertiary/aromatic N) is 4. The van der Waals surface area contributed by atoms with E-state index in [2.05, 4.69) is 26.3 Å². The Morgan fingerprint density at radius 3 is 3.12 bits per heavy atom. The molecular formula is C17H25N5O2. The maximum Gasteiger partial charge on any atom is 0.409 e. The Bertz CT molecular complexity index is 631. The zero-order valence-corrected chi connectivity index (χ0v) is 14.5. The van der Waals surface area contributed by atoms with Gasteiger partial charge in [-0.1, -0.05) is 19.9 Å². The lowest BCUT2D eigenvalue weighted by Gasteiger charge is -2.28. The van der Waals surface area contributed by atoms with Crippen LogP contribution < -0.4 is 10.2 Å². The number of likely N-dealkylation sites (N-methyl/N-ethyl adjacent to an activating group) is 1. The van der Waals surface area contributed by atoms with Gasteiger partial charge in [-0.05, 0) is 25.0 Å². The predicted octanol–water partition coefficient (Wildman–Crippen LogP) is 2.26. The van der Waals surface area contributed by atoms with Crippen LogP contribution >= 0.6 is 0 Å². The third-order valence-electron chi connectivity index (χ3n) is 4.43. The normalized spacial score (nSPS) is 19.2. The molecule has 1 atom stereocenters. The fraction of sp³-hybridized carbons (Fsp3) is 0.588. The van der Waals surface area contributed by atoms with Crippen LogP contribution in [0.3, 0.4) is 0 Å². The predicted molar refractivity (Wildman–Crippen MR) is 93.1 cm³/mol. The van der Waals surface area contributed by atoms with Crippen molar-refractivity contribution in [2.75, 3.05) is 37.0 Å². The summed E-state index contributed by atoms with van der Waals surface area (Å²) in [6.07, 6.45) is 7.06. The number of carbonyl (C=O) groups excluding carboxylic acids is 1. The SMILES string of the molecule is CC(C)COC(=O)N1CCC(N(C)c2ncnc3c2CC=CN3)C1. The minimum absolute atomic E-state index is 0.214. The van der Waals surface area contributed by atoms with E-state index in [-0.39, 0.29) is 12.1 Å². The van der Waals surface area contributed by atoms with Crippen molar-refractivity contribution in [2.45, 2.75) is 32.7 Å². The zero-order chi connectivity index (χ0) is 17.1. The molecule has 1 unspecified atom stereocenters. The molecule has 0 aliphatic carbocycles. The van der Waals surface area contributed by atoms with E-state index in [9.17, 15) is 4.79 Å². The summed E-state index contributed by atoms with van der Waals surface area (Å²) < 4.78 is 5.34. The highest BCUT2D eigenvalue weighted by atomic mass is 16.6. The van der Waals surface area contributed by atoms with Crippen molar-refractivity contribution < 1.29 is 9.53 Å². The van der Waals surface area contributed by atoms with E-state index in [1.54, 1.807) is 11.2 Å². The van der Waals surface area contributed by atoms with Crippen molar-refractivity contribution in [3.05, 3.63) is 24.2 Å². The van der Waals surface area contributed by atoms with Crippen molar-refractivity contribution in [3.8, 4) is 0 Å². The molecule has 2 aliphatic rings. The van der Waals surface area contributed by atoms with Crippen LogP contribution in [0.5, 0.6) is 0 Å². The monoisotopic (exact) mass is 331 g/mol. The van der Waals surface area contributed by atoms with Gasteiger partial charge in [0.1, 0.15) is 18.0 Å². The quantitative estimate of drug-likeness (QED) is 0.912. The molecule has 7 nitrogen and oxygen atoms in total. The van der Waals surface area contributed by atoms with Crippen LogP contribution in [-0.4, -0.2) is 53.7 Å². The van der Waals surface area contributed by atoms with E-state index >= 15 is 0 Å². The molecule has 0 aromatic carbocycles. The van der Waals surface area contributed by atoms with E-state index < -0.39 is 0 Å². The Labute approximate surface area is 142 Å². The van der Waals surface area contributed by atoms with Gasteiger partial charge in [-0.25, -0.2) is 14.8 Å². The first-order valence-electron chi connectivity index (χ1n) is 8.46. The maximum atomic E-state index is 12.1. The number of rotatable bonds is 4. The average molecular weight is 331 g/mol. The smallest absolute Gasteiger partial charge is 0.409 e. The lowest BCUT2D eigenvalue weighted by Crippen LogP contribution is -2.38. The lowest BCUT2D eigenvalue weighted by atomic mass is 10.1. The molecule has 0 radical (unpaired) electrons. The topological polar surface area (TPSA) is 70.6 Å². The van der Waals surface area contributed by atoms with Gasteiger partial charge in [0, 0.05) is 31.7 Å². The standard InChI is InChI=1S/C17H25N5O2/c1-12(2)10-24-17(23)22-8-6-13(9-22)21(3)16-14-5-4-7-18-15(14)19-11-20-16/h4,7,11-13H,5-6,8-10H2,1-3H3,(H,18,19,20). The third-order valence-corrected chi connectivity index (χ3v) is 4.43. The first-order valence-corrected chi connectivity index (χ1v) is 8.46. The average Bonchev–Trinajstić information content (AvgIpc) is 3.08. The molecule has 7 heteroatoms. The highest BCUT2D eigenvalue weighted by Crippen LogP contribution is 2.29. The summed E-state index contributed by atoms with van der Waals surface area (Å²) in [6, 6.07) is 0.238. The minimum atomic E-state index is -0.214. The second-order valence-electron chi connectivity index (χ2n) is 6.75. The highest BCUT2D eigenvalue weighted by molar-refractivity contribution is 5.68. The molecule has 3 rings (SSSR count). The summed E-state index contributed by atoms with van der Waals surface area (Å²) in [5.41, 5.74) is 1.10. The minimum Gasteiger partial charge on any atom is -0.449 e. The summed E-state index contributed by atoms with van der Waals surface area (Å²) in [5.74, 6) is 2.14. The number of nitrogens with one attached hydrogen (secondary N) is 1. The van der Waals surface area contributed by atoms with Gasteiger partial charge in [0.05, 0.1) is 6.61 Å². The Hall–Kier alpha value is -2.31. The zero-order valence-electron chi connectivity index (χ0n) is 14.5. The Morgan fingerprint density at radius 1 is 1.50 bits per heavy atom.